The first kappa shape index (κ1) is 12.3. The lowest BCUT2D eigenvalue weighted by Crippen LogP contribution is -2.11. The molecule has 100 valence electrons. The fraction of sp³-hybridized carbons (Fsp3) is 0.133. The van der Waals surface area contributed by atoms with Gasteiger partial charge in [-0.1, -0.05) is 12.1 Å². The number of hydrogen-bond acceptors (Lipinski definition) is 4. The SMILES string of the molecule is CN(/N=C/c1cccn1C)c1cnc2ccccc2n1. The molecule has 0 spiro atoms. The number of benzene rings is 1. The molecule has 5 nitrogen and oxygen atoms in total. The second-order valence-electron chi connectivity index (χ2n) is 4.53. The van der Waals surface area contributed by atoms with Crippen LogP contribution in [0.4, 0.5) is 5.82 Å². The van der Waals surface area contributed by atoms with Gasteiger partial charge in [-0.3, -0.25) is 4.98 Å². The number of aryl methyl sites for hydroxylation is 1. The molecule has 2 heterocycles. The maximum absolute atomic E-state index is 4.54. The van der Waals surface area contributed by atoms with Gasteiger partial charge in [0.15, 0.2) is 5.82 Å². The maximum Gasteiger partial charge on any atom is 0.167 e. The molecule has 0 aliphatic rings. The molecule has 0 N–H and O–H groups in total. The monoisotopic (exact) mass is 265 g/mol. The molecule has 0 radical (unpaired) electrons. The zero-order chi connectivity index (χ0) is 13.9. The average molecular weight is 265 g/mol. The minimum absolute atomic E-state index is 0.717. The van der Waals surface area contributed by atoms with E-state index in [0.29, 0.717) is 5.82 Å². The minimum atomic E-state index is 0.717. The second-order valence-corrected chi connectivity index (χ2v) is 4.53. The predicted octanol–water partition coefficient (Wildman–Crippen LogP) is 2.44. The van der Waals surface area contributed by atoms with Crippen molar-refractivity contribution in [1.82, 2.24) is 14.5 Å². The Labute approximate surface area is 117 Å². The summed E-state index contributed by atoms with van der Waals surface area (Å²) < 4.78 is 2.00. The van der Waals surface area contributed by atoms with E-state index < -0.39 is 0 Å². The Bertz CT molecular complexity index is 760. The molecule has 0 bridgehead atoms. The Morgan fingerprint density at radius 2 is 1.95 bits per heavy atom. The van der Waals surface area contributed by atoms with Gasteiger partial charge in [0.25, 0.3) is 0 Å². The minimum Gasteiger partial charge on any atom is -0.350 e. The highest BCUT2D eigenvalue weighted by Crippen LogP contribution is 2.14. The van der Waals surface area contributed by atoms with Crippen molar-refractivity contribution in [2.24, 2.45) is 12.1 Å². The molecule has 0 atom stereocenters. The molecule has 0 saturated carbocycles. The molecule has 20 heavy (non-hydrogen) atoms. The van der Waals surface area contributed by atoms with Crippen molar-refractivity contribution in [2.45, 2.75) is 0 Å². The number of anilines is 1. The molecular formula is C15H15N5. The van der Waals surface area contributed by atoms with Crippen LogP contribution in [0, 0.1) is 0 Å². The molecule has 0 aliphatic heterocycles. The molecule has 5 heteroatoms. The summed E-state index contributed by atoms with van der Waals surface area (Å²) in [5.74, 6) is 0.717. The van der Waals surface area contributed by atoms with Gasteiger partial charge in [0, 0.05) is 20.3 Å². The average Bonchev–Trinajstić information content (AvgIpc) is 2.89. The number of fused-ring (bicyclic) bond motifs is 1. The smallest absolute Gasteiger partial charge is 0.167 e. The first-order valence-electron chi connectivity index (χ1n) is 6.35. The lowest BCUT2D eigenvalue weighted by Gasteiger charge is -2.11. The quantitative estimate of drug-likeness (QED) is 0.540. The van der Waals surface area contributed by atoms with Crippen LogP contribution < -0.4 is 5.01 Å². The lowest BCUT2D eigenvalue weighted by atomic mass is 10.3. The Morgan fingerprint density at radius 3 is 2.70 bits per heavy atom. The fourth-order valence-electron chi connectivity index (χ4n) is 1.92. The van der Waals surface area contributed by atoms with E-state index in [1.807, 2.05) is 61.3 Å². The first-order valence-corrected chi connectivity index (χ1v) is 6.35. The Morgan fingerprint density at radius 1 is 1.15 bits per heavy atom. The molecule has 0 saturated heterocycles. The van der Waals surface area contributed by atoms with Gasteiger partial charge in [-0.25, -0.2) is 9.99 Å². The maximum atomic E-state index is 4.54. The van der Waals surface area contributed by atoms with Crippen molar-refractivity contribution in [1.29, 1.82) is 0 Å². The van der Waals surface area contributed by atoms with E-state index in [2.05, 4.69) is 15.1 Å². The summed E-state index contributed by atoms with van der Waals surface area (Å²) in [5, 5.41) is 6.10. The van der Waals surface area contributed by atoms with E-state index in [9.17, 15) is 0 Å². The van der Waals surface area contributed by atoms with Crippen molar-refractivity contribution in [3.63, 3.8) is 0 Å². The third-order valence-corrected chi connectivity index (χ3v) is 3.11. The summed E-state index contributed by atoms with van der Waals surface area (Å²) in [4.78, 5) is 8.92. The van der Waals surface area contributed by atoms with E-state index in [1.54, 1.807) is 17.4 Å². The summed E-state index contributed by atoms with van der Waals surface area (Å²) in [6.45, 7) is 0. The van der Waals surface area contributed by atoms with Gasteiger partial charge in [-0.15, -0.1) is 0 Å². The second kappa shape index (κ2) is 5.13. The van der Waals surface area contributed by atoms with Crippen molar-refractivity contribution in [3.05, 3.63) is 54.5 Å². The van der Waals surface area contributed by atoms with Gasteiger partial charge >= 0.3 is 0 Å². The number of hydrazone groups is 1. The molecular weight excluding hydrogens is 250 g/mol. The van der Waals surface area contributed by atoms with Crippen LogP contribution in [0.25, 0.3) is 11.0 Å². The van der Waals surface area contributed by atoms with E-state index >= 15 is 0 Å². The Kier molecular flexibility index (Phi) is 3.16. The zero-order valence-corrected chi connectivity index (χ0v) is 11.4. The van der Waals surface area contributed by atoms with Crippen LogP contribution >= 0.6 is 0 Å². The van der Waals surface area contributed by atoms with Gasteiger partial charge in [-0.2, -0.15) is 5.10 Å². The van der Waals surface area contributed by atoms with Crippen molar-refractivity contribution in [2.75, 3.05) is 12.1 Å². The van der Waals surface area contributed by atoms with Gasteiger partial charge < -0.3 is 4.57 Å². The Hall–Kier alpha value is -2.69. The van der Waals surface area contributed by atoms with Crippen LogP contribution in [-0.4, -0.2) is 27.8 Å². The van der Waals surface area contributed by atoms with Crippen molar-refractivity contribution < 1.29 is 0 Å². The van der Waals surface area contributed by atoms with E-state index in [1.165, 1.54) is 0 Å². The van der Waals surface area contributed by atoms with E-state index in [4.69, 9.17) is 0 Å². The van der Waals surface area contributed by atoms with Crippen LogP contribution in [0.1, 0.15) is 5.69 Å². The van der Waals surface area contributed by atoms with Crippen LogP contribution in [0.5, 0.6) is 0 Å². The molecule has 0 fully saturated rings. The molecule has 0 aliphatic carbocycles. The summed E-state index contributed by atoms with van der Waals surface area (Å²) in [6.07, 6.45) is 5.51. The summed E-state index contributed by atoms with van der Waals surface area (Å²) >= 11 is 0. The van der Waals surface area contributed by atoms with Gasteiger partial charge in [0.05, 0.1) is 29.1 Å². The number of hydrogen-bond donors (Lipinski definition) is 0. The molecule has 1 aromatic carbocycles. The van der Waals surface area contributed by atoms with Crippen LogP contribution in [0.2, 0.25) is 0 Å². The van der Waals surface area contributed by atoms with E-state index in [0.717, 1.165) is 16.7 Å². The Balaban J connectivity index is 1.87. The van der Waals surface area contributed by atoms with Crippen molar-refractivity contribution in [3.8, 4) is 0 Å². The standard InChI is InChI=1S/C15H15N5/c1-19-9-5-6-12(19)10-17-20(2)15-11-16-13-7-3-4-8-14(13)18-15/h3-11H,1-2H3/b17-10+. The highest BCUT2D eigenvalue weighted by atomic mass is 15.5. The lowest BCUT2D eigenvalue weighted by molar-refractivity contribution is 0.912. The third-order valence-electron chi connectivity index (χ3n) is 3.11. The summed E-state index contributed by atoms with van der Waals surface area (Å²) in [6, 6.07) is 11.8. The highest BCUT2D eigenvalue weighted by molar-refractivity contribution is 5.79. The van der Waals surface area contributed by atoms with Gasteiger partial charge in [-0.05, 0) is 24.3 Å². The molecule has 0 amide bonds. The molecule has 2 aromatic heterocycles. The fourth-order valence-corrected chi connectivity index (χ4v) is 1.92. The van der Waals surface area contributed by atoms with E-state index in [-0.39, 0.29) is 0 Å². The molecule has 3 rings (SSSR count). The number of nitrogens with zero attached hydrogens (tertiary/aromatic N) is 5. The number of para-hydroxylation sites is 2. The molecule has 0 unspecified atom stereocenters. The van der Waals surface area contributed by atoms with Gasteiger partial charge in [0.1, 0.15) is 0 Å². The van der Waals surface area contributed by atoms with Crippen LogP contribution in [-0.2, 0) is 7.05 Å². The van der Waals surface area contributed by atoms with Crippen molar-refractivity contribution >= 4 is 23.1 Å². The number of rotatable bonds is 3. The van der Waals surface area contributed by atoms with Gasteiger partial charge in [0.2, 0.25) is 0 Å². The molecule has 3 aromatic rings. The normalized spacial score (nSPS) is 11.3. The third kappa shape index (κ3) is 2.38. The number of aromatic nitrogens is 3. The van der Waals surface area contributed by atoms with Crippen LogP contribution in [0.3, 0.4) is 0 Å². The topological polar surface area (TPSA) is 46.3 Å². The summed E-state index contributed by atoms with van der Waals surface area (Å²) in [5.41, 5.74) is 2.78. The zero-order valence-electron chi connectivity index (χ0n) is 11.4. The summed E-state index contributed by atoms with van der Waals surface area (Å²) in [7, 11) is 3.84. The first-order chi connectivity index (χ1) is 9.74. The van der Waals surface area contributed by atoms with Crippen LogP contribution in [0.15, 0.2) is 53.9 Å². The largest absolute Gasteiger partial charge is 0.350 e. The predicted molar refractivity (Wildman–Crippen MR) is 80.9 cm³/mol. The highest BCUT2D eigenvalue weighted by Gasteiger charge is 2.03.